The molecule has 1 N–H and O–H groups in total. The number of allylic oxidation sites excluding steroid dienone is 1. The molecule has 0 aliphatic rings. The number of rotatable bonds is 3. The highest BCUT2D eigenvalue weighted by molar-refractivity contribution is 5.55. The molecule has 2 nitrogen and oxygen atoms in total. The van der Waals surface area contributed by atoms with E-state index in [0.29, 0.717) is 0 Å². The van der Waals surface area contributed by atoms with Crippen LogP contribution in [-0.4, -0.2) is 13.4 Å². The molecule has 0 heterocycles. The average molecular weight is 112 g/mol. The van der Waals surface area contributed by atoms with Crippen molar-refractivity contribution >= 4 is 6.34 Å². The van der Waals surface area contributed by atoms with E-state index in [-0.39, 0.29) is 0 Å². The number of hydrogen-bond acceptors (Lipinski definition) is 1. The summed E-state index contributed by atoms with van der Waals surface area (Å²) >= 11 is 0. The fourth-order valence-electron chi connectivity index (χ4n) is 0.303. The van der Waals surface area contributed by atoms with Gasteiger partial charge in [0.05, 0.1) is 6.34 Å². The van der Waals surface area contributed by atoms with Crippen molar-refractivity contribution < 1.29 is 0 Å². The molecule has 0 rings (SSSR count). The van der Waals surface area contributed by atoms with E-state index in [1.807, 2.05) is 12.3 Å². The van der Waals surface area contributed by atoms with E-state index in [4.69, 9.17) is 0 Å². The van der Waals surface area contributed by atoms with Crippen LogP contribution in [-0.2, 0) is 0 Å². The summed E-state index contributed by atoms with van der Waals surface area (Å²) < 4.78 is 0. The van der Waals surface area contributed by atoms with Gasteiger partial charge in [-0.05, 0) is 12.6 Å². The van der Waals surface area contributed by atoms with Crippen LogP contribution in [0.3, 0.4) is 0 Å². The van der Waals surface area contributed by atoms with Crippen LogP contribution in [0, 0.1) is 0 Å². The van der Waals surface area contributed by atoms with E-state index in [1.54, 1.807) is 13.4 Å². The first-order valence-corrected chi connectivity index (χ1v) is 2.73. The van der Waals surface area contributed by atoms with E-state index in [2.05, 4.69) is 17.2 Å². The lowest BCUT2D eigenvalue weighted by Gasteiger charge is -1.83. The summed E-state index contributed by atoms with van der Waals surface area (Å²) in [4.78, 5) is 3.72. The standard InChI is InChI=1S/C6H12N2/c1-3-4-5-8-6-7-2/h4-6H,3H2,1-2H3,(H,7,8). The smallest absolute Gasteiger partial charge is 0.0859 e. The van der Waals surface area contributed by atoms with Crippen molar-refractivity contribution in [2.75, 3.05) is 7.05 Å². The summed E-state index contributed by atoms with van der Waals surface area (Å²) in [6.07, 6.45) is 6.60. The van der Waals surface area contributed by atoms with Crippen LogP contribution in [0.5, 0.6) is 0 Å². The van der Waals surface area contributed by atoms with E-state index < -0.39 is 0 Å². The molecule has 46 valence electrons. The van der Waals surface area contributed by atoms with Gasteiger partial charge in [0.1, 0.15) is 0 Å². The summed E-state index contributed by atoms with van der Waals surface area (Å²) in [7, 11) is 1.73. The Balaban J connectivity index is 3.03. The van der Waals surface area contributed by atoms with Crippen molar-refractivity contribution in [1.29, 1.82) is 0 Å². The third-order valence-corrected chi connectivity index (χ3v) is 0.653. The van der Waals surface area contributed by atoms with Crippen LogP contribution in [0.1, 0.15) is 13.3 Å². The Hall–Kier alpha value is -0.790. The number of hydrogen-bond donors (Lipinski definition) is 1. The Kier molecular flexibility index (Phi) is 5.60. The van der Waals surface area contributed by atoms with E-state index in [9.17, 15) is 0 Å². The predicted octanol–water partition coefficient (Wildman–Crippen LogP) is 1.16. The van der Waals surface area contributed by atoms with Crippen LogP contribution < -0.4 is 5.32 Å². The fraction of sp³-hybridized carbons (Fsp3) is 0.500. The van der Waals surface area contributed by atoms with Crippen LogP contribution >= 0.6 is 0 Å². The highest BCUT2D eigenvalue weighted by Gasteiger charge is 1.62. The summed E-state index contributed by atoms with van der Waals surface area (Å²) in [6.45, 7) is 2.08. The molecule has 0 fully saturated rings. The van der Waals surface area contributed by atoms with Gasteiger partial charge in [0.2, 0.25) is 0 Å². The molecular formula is C6H12N2. The van der Waals surface area contributed by atoms with Crippen molar-refractivity contribution in [3.63, 3.8) is 0 Å². The maximum Gasteiger partial charge on any atom is 0.0859 e. The maximum atomic E-state index is 3.72. The minimum Gasteiger partial charge on any atom is -0.353 e. The molecule has 0 aromatic carbocycles. The van der Waals surface area contributed by atoms with E-state index in [0.717, 1.165) is 6.42 Å². The zero-order valence-electron chi connectivity index (χ0n) is 5.39. The molecule has 0 aromatic heterocycles. The Morgan fingerprint density at radius 2 is 2.38 bits per heavy atom. The molecule has 0 aliphatic carbocycles. The highest BCUT2D eigenvalue weighted by Crippen LogP contribution is 1.72. The first kappa shape index (κ1) is 7.21. The lowest BCUT2D eigenvalue weighted by atomic mass is 10.5. The molecule has 0 amide bonds. The number of nitrogens with zero attached hydrogens (tertiary/aromatic N) is 1. The van der Waals surface area contributed by atoms with Crippen molar-refractivity contribution in [2.45, 2.75) is 13.3 Å². The van der Waals surface area contributed by atoms with Gasteiger partial charge in [-0.25, -0.2) is 0 Å². The number of aliphatic imine (C=N–C) groups is 1. The minimum absolute atomic E-state index is 1.06. The van der Waals surface area contributed by atoms with Crippen molar-refractivity contribution in [3.8, 4) is 0 Å². The normalized spacial score (nSPS) is 11.2. The molecule has 8 heavy (non-hydrogen) atoms. The van der Waals surface area contributed by atoms with Crippen molar-refractivity contribution in [3.05, 3.63) is 12.3 Å². The fourth-order valence-corrected chi connectivity index (χ4v) is 0.303. The second kappa shape index (κ2) is 6.21. The third kappa shape index (κ3) is 5.21. The molecule has 0 aromatic rings. The quantitative estimate of drug-likeness (QED) is 0.430. The van der Waals surface area contributed by atoms with Crippen molar-refractivity contribution in [2.24, 2.45) is 4.99 Å². The van der Waals surface area contributed by atoms with Gasteiger partial charge < -0.3 is 5.32 Å². The van der Waals surface area contributed by atoms with Crippen LogP contribution in [0.2, 0.25) is 0 Å². The topological polar surface area (TPSA) is 24.4 Å². The van der Waals surface area contributed by atoms with E-state index in [1.165, 1.54) is 0 Å². The second-order valence-corrected chi connectivity index (χ2v) is 1.36. The van der Waals surface area contributed by atoms with Gasteiger partial charge in [0.25, 0.3) is 0 Å². The van der Waals surface area contributed by atoms with Gasteiger partial charge in [-0.1, -0.05) is 13.0 Å². The average Bonchev–Trinajstić information content (AvgIpc) is 1.81. The Bertz CT molecular complexity index is 84.5. The molecule has 0 atom stereocenters. The zero-order valence-corrected chi connectivity index (χ0v) is 5.39. The highest BCUT2D eigenvalue weighted by atomic mass is 14.9. The van der Waals surface area contributed by atoms with Gasteiger partial charge >= 0.3 is 0 Å². The molecule has 0 saturated heterocycles. The minimum atomic E-state index is 1.06. The Morgan fingerprint density at radius 1 is 1.62 bits per heavy atom. The molecule has 0 saturated carbocycles. The van der Waals surface area contributed by atoms with Gasteiger partial charge in [-0.2, -0.15) is 0 Å². The SMILES string of the molecule is CCC=CNC=NC. The zero-order chi connectivity index (χ0) is 6.24. The van der Waals surface area contributed by atoms with Gasteiger partial charge in [0.15, 0.2) is 0 Å². The summed E-state index contributed by atoms with van der Waals surface area (Å²) in [6, 6.07) is 0. The lowest BCUT2D eigenvalue weighted by Crippen LogP contribution is -1.98. The second-order valence-electron chi connectivity index (χ2n) is 1.36. The largest absolute Gasteiger partial charge is 0.353 e. The molecule has 0 radical (unpaired) electrons. The summed E-state index contributed by atoms with van der Waals surface area (Å²) in [5.74, 6) is 0. The summed E-state index contributed by atoms with van der Waals surface area (Å²) in [5.41, 5.74) is 0. The molecule has 0 unspecified atom stereocenters. The Labute approximate surface area is 50.3 Å². The first-order chi connectivity index (χ1) is 3.91. The Morgan fingerprint density at radius 3 is 2.88 bits per heavy atom. The predicted molar refractivity (Wildman–Crippen MR) is 37.0 cm³/mol. The van der Waals surface area contributed by atoms with Crippen molar-refractivity contribution in [1.82, 2.24) is 5.32 Å². The first-order valence-electron chi connectivity index (χ1n) is 2.73. The van der Waals surface area contributed by atoms with Crippen LogP contribution in [0.4, 0.5) is 0 Å². The van der Waals surface area contributed by atoms with E-state index >= 15 is 0 Å². The van der Waals surface area contributed by atoms with Gasteiger partial charge in [-0.3, -0.25) is 4.99 Å². The molecule has 0 spiro atoms. The van der Waals surface area contributed by atoms with Crippen LogP contribution in [0.25, 0.3) is 0 Å². The maximum absolute atomic E-state index is 3.72. The number of nitrogens with one attached hydrogen (secondary N) is 1. The monoisotopic (exact) mass is 112 g/mol. The molecular weight excluding hydrogens is 100 g/mol. The van der Waals surface area contributed by atoms with Gasteiger partial charge in [-0.15, -0.1) is 0 Å². The summed E-state index contributed by atoms with van der Waals surface area (Å²) in [5, 5.41) is 2.86. The molecule has 0 bridgehead atoms. The molecule has 2 heteroatoms. The molecule has 0 aliphatic heterocycles. The lowest BCUT2D eigenvalue weighted by molar-refractivity contribution is 1.18. The third-order valence-electron chi connectivity index (χ3n) is 0.653. The van der Waals surface area contributed by atoms with Crippen LogP contribution in [0.15, 0.2) is 17.3 Å². The van der Waals surface area contributed by atoms with Gasteiger partial charge in [0, 0.05) is 7.05 Å².